The van der Waals surface area contributed by atoms with Gasteiger partial charge in [0.15, 0.2) is 0 Å². The Morgan fingerprint density at radius 2 is 2.00 bits per heavy atom. The number of esters is 1. The summed E-state index contributed by atoms with van der Waals surface area (Å²) in [6.45, 7) is 5.53. The SMILES string of the molecule is Cc1nn(C)c(SCc2ccccc2)c1C(=O)OC(C)C. The number of hydrogen-bond acceptors (Lipinski definition) is 4. The van der Waals surface area contributed by atoms with E-state index in [1.165, 1.54) is 5.56 Å². The Kier molecular flexibility index (Phi) is 5.07. The highest BCUT2D eigenvalue weighted by atomic mass is 32.2. The smallest absolute Gasteiger partial charge is 0.343 e. The second-order valence-electron chi connectivity index (χ2n) is 5.12. The molecule has 1 aromatic carbocycles. The van der Waals surface area contributed by atoms with Gasteiger partial charge in [0.05, 0.1) is 11.8 Å². The van der Waals surface area contributed by atoms with E-state index >= 15 is 0 Å². The maximum atomic E-state index is 12.2. The van der Waals surface area contributed by atoms with Gasteiger partial charge in [-0.2, -0.15) is 5.10 Å². The monoisotopic (exact) mass is 304 g/mol. The molecule has 0 saturated carbocycles. The summed E-state index contributed by atoms with van der Waals surface area (Å²) in [4.78, 5) is 12.2. The minimum Gasteiger partial charge on any atom is -0.459 e. The average molecular weight is 304 g/mol. The Morgan fingerprint density at radius 3 is 2.62 bits per heavy atom. The molecule has 5 heteroatoms. The van der Waals surface area contributed by atoms with Gasteiger partial charge in [-0.15, -0.1) is 11.8 Å². The first-order valence-electron chi connectivity index (χ1n) is 6.90. The van der Waals surface area contributed by atoms with Gasteiger partial charge < -0.3 is 4.74 Å². The van der Waals surface area contributed by atoms with Crippen molar-refractivity contribution in [3.8, 4) is 0 Å². The van der Waals surface area contributed by atoms with Crippen molar-refractivity contribution in [1.82, 2.24) is 9.78 Å². The number of aryl methyl sites for hydroxylation is 2. The largest absolute Gasteiger partial charge is 0.459 e. The molecule has 0 N–H and O–H groups in total. The standard InChI is InChI=1S/C16H20N2O2S/c1-11(2)20-16(19)14-12(3)17-18(4)15(14)21-10-13-8-6-5-7-9-13/h5-9,11H,10H2,1-4H3. The molecule has 2 aromatic rings. The summed E-state index contributed by atoms with van der Waals surface area (Å²) in [5.74, 6) is 0.494. The van der Waals surface area contributed by atoms with E-state index in [1.807, 2.05) is 46.0 Å². The lowest BCUT2D eigenvalue weighted by Crippen LogP contribution is -2.13. The van der Waals surface area contributed by atoms with Crippen molar-refractivity contribution in [3.63, 3.8) is 0 Å². The number of hydrogen-bond donors (Lipinski definition) is 0. The second kappa shape index (κ2) is 6.80. The highest BCUT2D eigenvalue weighted by Gasteiger charge is 2.22. The van der Waals surface area contributed by atoms with E-state index < -0.39 is 0 Å². The van der Waals surface area contributed by atoms with Crippen LogP contribution in [-0.2, 0) is 17.5 Å². The molecule has 0 saturated heterocycles. The van der Waals surface area contributed by atoms with E-state index in [4.69, 9.17) is 4.74 Å². The van der Waals surface area contributed by atoms with E-state index in [0.717, 1.165) is 10.8 Å². The van der Waals surface area contributed by atoms with E-state index in [-0.39, 0.29) is 12.1 Å². The first-order chi connectivity index (χ1) is 9.99. The van der Waals surface area contributed by atoms with Gasteiger partial charge in [0.1, 0.15) is 10.6 Å². The third kappa shape index (κ3) is 3.88. The van der Waals surface area contributed by atoms with Crippen LogP contribution in [0.25, 0.3) is 0 Å². The highest BCUT2D eigenvalue weighted by molar-refractivity contribution is 7.98. The summed E-state index contributed by atoms with van der Waals surface area (Å²) in [5.41, 5.74) is 2.50. The van der Waals surface area contributed by atoms with Gasteiger partial charge in [-0.1, -0.05) is 30.3 Å². The Morgan fingerprint density at radius 1 is 1.33 bits per heavy atom. The number of carbonyl (C=O) groups is 1. The zero-order valence-electron chi connectivity index (χ0n) is 12.8. The average Bonchev–Trinajstić information content (AvgIpc) is 2.71. The van der Waals surface area contributed by atoms with Crippen molar-refractivity contribution in [2.75, 3.05) is 0 Å². The van der Waals surface area contributed by atoms with Crippen LogP contribution in [0.3, 0.4) is 0 Å². The molecule has 0 aliphatic carbocycles. The zero-order valence-corrected chi connectivity index (χ0v) is 13.6. The summed E-state index contributed by atoms with van der Waals surface area (Å²) in [6.07, 6.45) is -0.135. The van der Waals surface area contributed by atoms with Gasteiger partial charge in [0.2, 0.25) is 0 Å². The lowest BCUT2D eigenvalue weighted by molar-refractivity contribution is 0.0372. The molecule has 0 spiro atoms. The number of thioether (sulfide) groups is 1. The Hall–Kier alpha value is -1.75. The first-order valence-corrected chi connectivity index (χ1v) is 7.89. The van der Waals surface area contributed by atoms with Gasteiger partial charge in [-0.05, 0) is 26.3 Å². The summed E-state index contributed by atoms with van der Waals surface area (Å²) < 4.78 is 7.07. The third-order valence-corrected chi connectivity index (χ3v) is 4.15. The van der Waals surface area contributed by atoms with Crippen LogP contribution in [-0.4, -0.2) is 21.9 Å². The van der Waals surface area contributed by atoms with E-state index in [0.29, 0.717) is 11.3 Å². The van der Waals surface area contributed by atoms with Crippen LogP contribution in [0.15, 0.2) is 35.4 Å². The molecule has 112 valence electrons. The lowest BCUT2D eigenvalue weighted by atomic mass is 10.2. The van der Waals surface area contributed by atoms with Crippen molar-refractivity contribution < 1.29 is 9.53 Å². The van der Waals surface area contributed by atoms with Gasteiger partial charge in [-0.3, -0.25) is 4.68 Å². The number of benzene rings is 1. The summed E-state index contributed by atoms with van der Waals surface area (Å²) in [6, 6.07) is 10.2. The molecule has 0 atom stereocenters. The maximum Gasteiger partial charge on any atom is 0.343 e. The molecule has 4 nitrogen and oxygen atoms in total. The summed E-state index contributed by atoms with van der Waals surface area (Å²) in [7, 11) is 1.85. The third-order valence-electron chi connectivity index (χ3n) is 2.93. The van der Waals surface area contributed by atoms with Crippen LogP contribution in [0.1, 0.15) is 35.5 Å². The van der Waals surface area contributed by atoms with Crippen molar-refractivity contribution >= 4 is 17.7 Å². The zero-order chi connectivity index (χ0) is 15.4. The lowest BCUT2D eigenvalue weighted by Gasteiger charge is -2.09. The van der Waals surface area contributed by atoms with E-state index in [9.17, 15) is 4.79 Å². The number of aromatic nitrogens is 2. The van der Waals surface area contributed by atoms with Crippen molar-refractivity contribution in [3.05, 3.63) is 47.2 Å². The van der Waals surface area contributed by atoms with Crippen LogP contribution in [0, 0.1) is 6.92 Å². The Balaban J connectivity index is 2.20. The van der Waals surface area contributed by atoms with E-state index in [2.05, 4.69) is 17.2 Å². The second-order valence-corrected chi connectivity index (χ2v) is 6.08. The molecule has 1 aromatic heterocycles. The number of ether oxygens (including phenoxy) is 1. The number of rotatable bonds is 5. The predicted molar refractivity (Wildman–Crippen MR) is 84.5 cm³/mol. The molecule has 0 aliphatic heterocycles. The van der Waals surface area contributed by atoms with Crippen LogP contribution < -0.4 is 0 Å². The summed E-state index contributed by atoms with van der Waals surface area (Å²) in [5, 5.41) is 5.20. The van der Waals surface area contributed by atoms with Crippen molar-refractivity contribution in [2.45, 2.75) is 37.7 Å². The van der Waals surface area contributed by atoms with Crippen LogP contribution in [0.5, 0.6) is 0 Å². The number of nitrogens with zero attached hydrogens (tertiary/aromatic N) is 2. The predicted octanol–water partition coefficient (Wildman–Crippen LogP) is 3.59. The Labute approximate surface area is 129 Å². The molecule has 0 fully saturated rings. The first kappa shape index (κ1) is 15.6. The minimum atomic E-state index is -0.300. The van der Waals surface area contributed by atoms with Crippen molar-refractivity contribution in [2.24, 2.45) is 7.05 Å². The molecule has 0 bridgehead atoms. The quantitative estimate of drug-likeness (QED) is 0.625. The van der Waals surface area contributed by atoms with Crippen molar-refractivity contribution in [1.29, 1.82) is 0 Å². The maximum absolute atomic E-state index is 12.2. The molecule has 0 unspecified atom stereocenters. The molecule has 0 radical (unpaired) electrons. The molecular weight excluding hydrogens is 284 g/mol. The van der Waals surface area contributed by atoms with Gasteiger partial charge >= 0.3 is 5.97 Å². The molecular formula is C16H20N2O2S. The molecule has 1 heterocycles. The summed E-state index contributed by atoms with van der Waals surface area (Å²) >= 11 is 1.60. The molecule has 0 amide bonds. The molecule has 0 aliphatic rings. The Bertz CT molecular complexity index is 621. The molecule has 21 heavy (non-hydrogen) atoms. The highest BCUT2D eigenvalue weighted by Crippen LogP contribution is 2.28. The minimum absolute atomic E-state index is 0.135. The van der Waals surface area contributed by atoms with Gasteiger partial charge in [0.25, 0.3) is 0 Å². The van der Waals surface area contributed by atoms with E-state index in [1.54, 1.807) is 16.4 Å². The molecule has 2 rings (SSSR count). The topological polar surface area (TPSA) is 44.1 Å². The number of carbonyl (C=O) groups excluding carboxylic acids is 1. The van der Waals surface area contributed by atoms with Crippen LogP contribution in [0.4, 0.5) is 0 Å². The van der Waals surface area contributed by atoms with Gasteiger partial charge in [0, 0.05) is 12.8 Å². The fraction of sp³-hybridized carbons (Fsp3) is 0.375. The normalized spacial score (nSPS) is 10.9. The fourth-order valence-electron chi connectivity index (χ4n) is 2.04. The van der Waals surface area contributed by atoms with Gasteiger partial charge in [-0.25, -0.2) is 4.79 Å². The van der Waals surface area contributed by atoms with Crippen LogP contribution in [0.2, 0.25) is 0 Å². The van der Waals surface area contributed by atoms with Crippen LogP contribution >= 0.6 is 11.8 Å². The fourth-order valence-corrected chi connectivity index (χ4v) is 3.14.